The van der Waals surface area contributed by atoms with Gasteiger partial charge >= 0.3 is 0 Å². The van der Waals surface area contributed by atoms with Crippen LogP contribution in [0.4, 0.5) is 5.82 Å². The van der Waals surface area contributed by atoms with E-state index in [1.165, 1.54) is 0 Å². The molecular weight excluding hydrogens is 326 g/mol. The molecule has 0 aliphatic heterocycles. The second-order valence-corrected chi connectivity index (χ2v) is 6.03. The molecule has 0 amide bonds. The van der Waals surface area contributed by atoms with Gasteiger partial charge in [-0.05, 0) is 40.4 Å². The Morgan fingerprint density at radius 2 is 2.05 bits per heavy atom. The van der Waals surface area contributed by atoms with Crippen LogP contribution >= 0.6 is 27.5 Å². The van der Waals surface area contributed by atoms with Crippen molar-refractivity contribution in [2.45, 2.75) is 20.3 Å². The SMILES string of the molecule is CC(C)Cc1nc(-c2cccc(Cl)c2)nc(N)c1Br. The standard InChI is InChI=1S/C14H15BrClN3/c1-8(2)6-11-12(15)13(17)19-14(18-11)9-4-3-5-10(16)7-9/h3-5,7-8H,6H2,1-2H3,(H2,17,18,19). The Balaban J connectivity index is 2.50. The van der Waals surface area contributed by atoms with Crippen molar-refractivity contribution in [1.82, 2.24) is 9.97 Å². The number of benzene rings is 1. The summed E-state index contributed by atoms with van der Waals surface area (Å²) >= 11 is 9.45. The Bertz CT molecular complexity index is 599. The van der Waals surface area contributed by atoms with E-state index in [0.717, 1.165) is 22.2 Å². The summed E-state index contributed by atoms with van der Waals surface area (Å²) < 4.78 is 0.784. The van der Waals surface area contributed by atoms with Crippen molar-refractivity contribution in [3.63, 3.8) is 0 Å². The molecule has 2 rings (SSSR count). The quantitative estimate of drug-likeness (QED) is 0.904. The molecule has 0 radical (unpaired) electrons. The number of nitrogens with two attached hydrogens (primary N) is 1. The van der Waals surface area contributed by atoms with Crippen LogP contribution in [0.15, 0.2) is 28.7 Å². The number of aromatic nitrogens is 2. The molecule has 19 heavy (non-hydrogen) atoms. The summed E-state index contributed by atoms with van der Waals surface area (Å²) in [7, 11) is 0. The van der Waals surface area contributed by atoms with Crippen LogP contribution in [0.1, 0.15) is 19.5 Å². The molecule has 0 spiro atoms. The molecule has 0 unspecified atom stereocenters. The third-order valence-corrected chi connectivity index (χ3v) is 3.73. The minimum atomic E-state index is 0.459. The maximum absolute atomic E-state index is 5.99. The number of halogens is 2. The van der Waals surface area contributed by atoms with Crippen molar-refractivity contribution in [2.24, 2.45) is 5.92 Å². The second kappa shape index (κ2) is 5.88. The molecule has 100 valence electrons. The average Bonchev–Trinajstić information content (AvgIpc) is 2.34. The van der Waals surface area contributed by atoms with Crippen LogP contribution in [0.25, 0.3) is 11.4 Å². The van der Waals surface area contributed by atoms with Gasteiger partial charge in [0, 0.05) is 10.6 Å². The van der Waals surface area contributed by atoms with Crippen molar-refractivity contribution in [3.05, 3.63) is 39.5 Å². The maximum Gasteiger partial charge on any atom is 0.161 e. The predicted octanol–water partition coefficient (Wildman–Crippen LogP) is 4.34. The molecule has 1 heterocycles. The molecule has 1 aromatic heterocycles. The summed E-state index contributed by atoms with van der Waals surface area (Å²) in [5.74, 6) is 1.57. The minimum Gasteiger partial charge on any atom is -0.383 e. The third-order valence-electron chi connectivity index (χ3n) is 2.63. The average molecular weight is 341 g/mol. The molecule has 0 bridgehead atoms. The highest BCUT2D eigenvalue weighted by atomic mass is 79.9. The van der Waals surface area contributed by atoms with E-state index in [2.05, 4.69) is 39.7 Å². The molecule has 3 nitrogen and oxygen atoms in total. The number of anilines is 1. The first-order chi connectivity index (χ1) is 8.97. The van der Waals surface area contributed by atoms with Crippen LogP contribution in [0.3, 0.4) is 0 Å². The van der Waals surface area contributed by atoms with Gasteiger partial charge in [-0.25, -0.2) is 9.97 Å². The molecule has 0 aliphatic carbocycles. The van der Waals surface area contributed by atoms with Gasteiger partial charge in [0.2, 0.25) is 0 Å². The van der Waals surface area contributed by atoms with E-state index in [4.69, 9.17) is 17.3 Å². The Kier molecular flexibility index (Phi) is 4.42. The lowest BCUT2D eigenvalue weighted by atomic mass is 10.1. The van der Waals surface area contributed by atoms with Gasteiger partial charge in [0.1, 0.15) is 5.82 Å². The van der Waals surface area contributed by atoms with E-state index in [0.29, 0.717) is 22.6 Å². The van der Waals surface area contributed by atoms with Crippen molar-refractivity contribution in [3.8, 4) is 11.4 Å². The summed E-state index contributed by atoms with van der Waals surface area (Å²) in [5.41, 5.74) is 7.74. The molecule has 0 atom stereocenters. The van der Waals surface area contributed by atoms with Crippen LogP contribution in [0.2, 0.25) is 5.02 Å². The fraction of sp³-hybridized carbons (Fsp3) is 0.286. The van der Waals surface area contributed by atoms with Gasteiger partial charge < -0.3 is 5.73 Å². The molecular formula is C14H15BrClN3. The van der Waals surface area contributed by atoms with E-state index in [1.54, 1.807) is 0 Å². The fourth-order valence-electron chi connectivity index (χ4n) is 1.79. The van der Waals surface area contributed by atoms with Crippen molar-refractivity contribution >= 4 is 33.3 Å². The number of hydrogen-bond acceptors (Lipinski definition) is 3. The van der Waals surface area contributed by atoms with Crippen LogP contribution in [-0.4, -0.2) is 9.97 Å². The smallest absolute Gasteiger partial charge is 0.161 e. The summed E-state index contributed by atoms with van der Waals surface area (Å²) in [5, 5.41) is 0.660. The summed E-state index contributed by atoms with van der Waals surface area (Å²) in [6, 6.07) is 7.46. The van der Waals surface area contributed by atoms with E-state index in [-0.39, 0.29) is 0 Å². The highest BCUT2D eigenvalue weighted by molar-refractivity contribution is 9.10. The topological polar surface area (TPSA) is 51.8 Å². The number of nitrogen functional groups attached to an aromatic ring is 1. The van der Waals surface area contributed by atoms with Gasteiger partial charge in [-0.15, -0.1) is 0 Å². The van der Waals surface area contributed by atoms with Crippen LogP contribution in [-0.2, 0) is 6.42 Å². The van der Waals surface area contributed by atoms with Gasteiger partial charge in [-0.2, -0.15) is 0 Å². The lowest BCUT2D eigenvalue weighted by Crippen LogP contribution is -2.05. The highest BCUT2D eigenvalue weighted by Crippen LogP contribution is 2.27. The molecule has 2 aromatic rings. The van der Waals surface area contributed by atoms with Crippen LogP contribution in [0, 0.1) is 5.92 Å². The van der Waals surface area contributed by atoms with Gasteiger partial charge in [0.05, 0.1) is 10.2 Å². The third kappa shape index (κ3) is 3.45. The largest absolute Gasteiger partial charge is 0.383 e. The van der Waals surface area contributed by atoms with Gasteiger partial charge in [-0.3, -0.25) is 0 Å². The lowest BCUT2D eigenvalue weighted by molar-refractivity contribution is 0.633. The molecule has 5 heteroatoms. The van der Waals surface area contributed by atoms with Crippen molar-refractivity contribution in [1.29, 1.82) is 0 Å². The molecule has 0 saturated carbocycles. The molecule has 1 aromatic carbocycles. The normalized spacial score (nSPS) is 11.0. The summed E-state index contributed by atoms with van der Waals surface area (Å²) in [6.45, 7) is 4.29. The summed E-state index contributed by atoms with van der Waals surface area (Å²) in [4.78, 5) is 8.90. The van der Waals surface area contributed by atoms with E-state index < -0.39 is 0 Å². The first kappa shape index (κ1) is 14.3. The monoisotopic (exact) mass is 339 g/mol. The zero-order valence-corrected chi connectivity index (χ0v) is 13.2. The first-order valence-electron chi connectivity index (χ1n) is 6.05. The zero-order valence-electron chi connectivity index (χ0n) is 10.8. The Hall–Kier alpha value is -1.13. The predicted molar refractivity (Wildman–Crippen MR) is 83.1 cm³/mol. The Morgan fingerprint density at radius 1 is 1.32 bits per heavy atom. The molecule has 0 saturated heterocycles. The van der Waals surface area contributed by atoms with E-state index in [1.807, 2.05) is 24.3 Å². The summed E-state index contributed by atoms with van der Waals surface area (Å²) in [6.07, 6.45) is 0.848. The van der Waals surface area contributed by atoms with Crippen molar-refractivity contribution in [2.75, 3.05) is 5.73 Å². The van der Waals surface area contributed by atoms with Crippen LogP contribution < -0.4 is 5.73 Å². The molecule has 0 fully saturated rings. The van der Waals surface area contributed by atoms with Crippen molar-refractivity contribution < 1.29 is 0 Å². The molecule has 2 N–H and O–H groups in total. The minimum absolute atomic E-state index is 0.459. The number of hydrogen-bond donors (Lipinski definition) is 1. The van der Waals surface area contributed by atoms with Gasteiger partial charge in [-0.1, -0.05) is 37.6 Å². The number of nitrogens with zero attached hydrogens (tertiary/aromatic N) is 2. The first-order valence-corrected chi connectivity index (χ1v) is 7.22. The Labute approximate surface area is 126 Å². The Morgan fingerprint density at radius 3 is 2.68 bits per heavy atom. The lowest BCUT2D eigenvalue weighted by Gasteiger charge is -2.11. The maximum atomic E-state index is 5.99. The zero-order chi connectivity index (χ0) is 14.0. The van der Waals surface area contributed by atoms with Gasteiger partial charge in [0.15, 0.2) is 5.82 Å². The molecule has 0 aliphatic rings. The second-order valence-electron chi connectivity index (χ2n) is 4.80. The van der Waals surface area contributed by atoms with Gasteiger partial charge in [0.25, 0.3) is 0 Å². The highest BCUT2D eigenvalue weighted by Gasteiger charge is 2.12. The van der Waals surface area contributed by atoms with Crippen LogP contribution in [0.5, 0.6) is 0 Å². The number of rotatable bonds is 3. The fourth-order valence-corrected chi connectivity index (χ4v) is 2.32. The van der Waals surface area contributed by atoms with E-state index in [9.17, 15) is 0 Å². The van der Waals surface area contributed by atoms with E-state index >= 15 is 0 Å².